The van der Waals surface area contributed by atoms with Gasteiger partial charge in [0.2, 0.25) is 5.82 Å². The molecule has 0 fully saturated rings. The fraction of sp³-hybridized carbons (Fsp3) is 0.273. The molecule has 1 aromatic carbocycles. The lowest BCUT2D eigenvalue weighted by atomic mass is 10.2. The van der Waals surface area contributed by atoms with Crippen LogP contribution in [0.1, 0.15) is 6.92 Å². The molecule has 1 rings (SSSR count). The number of carboxylic acid groups (broad SMARTS) is 1. The number of rotatable bonds is 3. The van der Waals surface area contributed by atoms with Gasteiger partial charge in [-0.2, -0.15) is 0 Å². The summed E-state index contributed by atoms with van der Waals surface area (Å²) in [6, 6.07) is -2.74. The summed E-state index contributed by atoms with van der Waals surface area (Å²) in [5, 5.41) is 10.1. The number of halogens is 5. The predicted octanol–water partition coefficient (Wildman–Crippen LogP) is 2.32. The summed E-state index contributed by atoms with van der Waals surface area (Å²) in [7, 11) is 0.972. The van der Waals surface area contributed by atoms with Gasteiger partial charge in [-0.05, 0) is 6.92 Å². The first-order valence-electron chi connectivity index (χ1n) is 5.37. The smallest absolute Gasteiger partial charge is 0.326 e. The molecule has 1 atom stereocenters. The quantitative estimate of drug-likeness (QED) is 0.511. The number of likely N-dealkylation sites (N-methyl/N-ethyl adjacent to an activating group) is 1. The highest BCUT2D eigenvalue weighted by atomic mass is 19.2. The first kappa shape index (κ1) is 16.7. The number of aliphatic carboxylic acids is 1. The van der Waals surface area contributed by atoms with Gasteiger partial charge in [0.05, 0.1) is 0 Å². The molecule has 0 saturated carbocycles. The largest absolute Gasteiger partial charge is 0.480 e. The summed E-state index contributed by atoms with van der Waals surface area (Å²) in [6.45, 7) is 1.08. The molecule has 0 saturated heterocycles. The van der Waals surface area contributed by atoms with Crippen molar-refractivity contribution in [2.45, 2.75) is 13.0 Å². The van der Waals surface area contributed by atoms with E-state index in [9.17, 15) is 31.5 Å². The lowest BCUT2D eigenvalue weighted by Crippen LogP contribution is -2.42. The van der Waals surface area contributed by atoms with Crippen LogP contribution in [0.2, 0.25) is 0 Å². The van der Waals surface area contributed by atoms with Crippen molar-refractivity contribution in [1.29, 1.82) is 0 Å². The maximum Gasteiger partial charge on any atom is 0.326 e. The Labute approximate surface area is 115 Å². The Morgan fingerprint density at radius 1 is 1.00 bits per heavy atom. The second-order valence-corrected chi connectivity index (χ2v) is 4.00. The van der Waals surface area contributed by atoms with E-state index in [-0.39, 0.29) is 0 Å². The van der Waals surface area contributed by atoms with E-state index < -0.39 is 52.8 Å². The van der Waals surface area contributed by atoms with Crippen molar-refractivity contribution in [2.24, 2.45) is 0 Å². The molecule has 116 valence electrons. The first-order valence-corrected chi connectivity index (χ1v) is 5.37. The van der Waals surface area contributed by atoms with Crippen molar-refractivity contribution in [3.05, 3.63) is 29.1 Å². The lowest BCUT2D eigenvalue weighted by Gasteiger charge is -2.22. The van der Waals surface area contributed by atoms with E-state index in [0.717, 1.165) is 14.0 Å². The minimum absolute atomic E-state index is 0.514. The lowest BCUT2D eigenvalue weighted by molar-refractivity contribution is -0.141. The van der Waals surface area contributed by atoms with E-state index >= 15 is 0 Å². The molecule has 2 amide bonds. The number of carboxylic acids is 1. The maximum absolute atomic E-state index is 13.3. The monoisotopic (exact) mass is 312 g/mol. The molecule has 0 bridgehead atoms. The van der Waals surface area contributed by atoms with Crippen LogP contribution in [0.5, 0.6) is 0 Å². The number of urea groups is 1. The molecule has 0 aliphatic carbocycles. The zero-order chi connectivity index (χ0) is 16.5. The molecule has 0 radical (unpaired) electrons. The number of nitrogens with zero attached hydrogens (tertiary/aromatic N) is 1. The first-order chi connectivity index (χ1) is 9.59. The van der Waals surface area contributed by atoms with Gasteiger partial charge >= 0.3 is 12.0 Å². The Bertz CT molecular complexity index is 579. The fourth-order valence-electron chi connectivity index (χ4n) is 1.25. The van der Waals surface area contributed by atoms with Crippen LogP contribution in [0, 0.1) is 29.1 Å². The Hall–Kier alpha value is -2.39. The molecule has 0 aliphatic rings. The minimum Gasteiger partial charge on any atom is -0.480 e. The zero-order valence-electron chi connectivity index (χ0n) is 10.7. The van der Waals surface area contributed by atoms with Gasteiger partial charge in [0.15, 0.2) is 23.3 Å². The van der Waals surface area contributed by atoms with Gasteiger partial charge in [-0.15, -0.1) is 0 Å². The average Bonchev–Trinajstić information content (AvgIpc) is 2.45. The third-order valence-corrected chi connectivity index (χ3v) is 2.70. The molecule has 0 heterocycles. The van der Waals surface area contributed by atoms with Crippen molar-refractivity contribution in [3.8, 4) is 0 Å². The Morgan fingerprint density at radius 2 is 1.38 bits per heavy atom. The van der Waals surface area contributed by atoms with Crippen LogP contribution in [0.25, 0.3) is 0 Å². The van der Waals surface area contributed by atoms with Crippen LogP contribution in [0.15, 0.2) is 0 Å². The van der Waals surface area contributed by atoms with Gasteiger partial charge in [-0.1, -0.05) is 0 Å². The Kier molecular flexibility index (Phi) is 4.71. The Balaban J connectivity index is 3.15. The molecule has 1 aromatic rings. The van der Waals surface area contributed by atoms with Crippen molar-refractivity contribution < 1.29 is 36.6 Å². The zero-order valence-corrected chi connectivity index (χ0v) is 10.7. The summed E-state index contributed by atoms with van der Waals surface area (Å²) < 4.78 is 65.3. The summed E-state index contributed by atoms with van der Waals surface area (Å²) in [4.78, 5) is 22.7. The summed E-state index contributed by atoms with van der Waals surface area (Å²) in [5.41, 5.74) is -1.55. The van der Waals surface area contributed by atoms with Crippen molar-refractivity contribution >= 4 is 17.7 Å². The number of benzene rings is 1. The van der Waals surface area contributed by atoms with E-state index in [1.807, 2.05) is 0 Å². The van der Waals surface area contributed by atoms with E-state index in [1.165, 1.54) is 5.32 Å². The van der Waals surface area contributed by atoms with Gasteiger partial charge in [-0.25, -0.2) is 31.5 Å². The van der Waals surface area contributed by atoms with Crippen LogP contribution in [-0.2, 0) is 4.79 Å². The van der Waals surface area contributed by atoms with Crippen molar-refractivity contribution in [3.63, 3.8) is 0 Å². The number of anilines is 1. The number of amides is 2. The third-order valence-electron chi connectivity index (χ3n) is 2.70. The highest BCUT2D eigenvalue weighted by molar-refractivity contribution is 5.92. The van der Waals surface area contributed by atoms with E-state index in [1.54, 1.807) is 0 Å². The number of hydrogen-bond acceptors (Lipinski definition) is 2. The topological polar surface area (TPSA) is 69.6 Å². The SMILES string of the molecule is CC(C(=O)O)N(C)C(=O)Nc1c(F)c(F)c(F)c(F)c1F. The minimum atomic E-state index is -2.37. The van der Waals surface area contributed by atoms with Crippen molar-refractivity contribution in [2.75, 3.05) is 12.4 Å². The summed E-state index contributed by atoms with van der Waals surface area (Å²) in [6.07, 6.45) is 0. The van der Waals surface area contributed by atoms with Gasteiger partial charge in [0.25, 0.3) is 0 Å². The van der Waals surface area contributed by atoms with E-state index in [2.05, 4.69) is 0 Å². The van der Waals surface area contributed by atoms with Crippen LogP contribution in [0.4, 0.5) is 32.4 Å². The van der Waals surface area contributed by atoms with Gasteiger partial charge in [0, 0.05) is 7.05 Å². The van der Waals surface area contributed by atoms with Gasteiger partial charge < -0.3 is 15.3 Å². The number of nitrogens with one attached hydrogen (secondary N) is 1. The highest BCUT2D eigenvalue weighted by Gasteiger charge is 2.29. The molecular formula is C11H9F5N2O3. The Morgan fingerprint density at radius 3 is 1.76 bits per heavy atom. The van der Waals surface area contributed by atoms with E-state index in [0.29, 0.717) is 4.90 Å². The number of hydrogen-bond donors (Lipinski definition) is 2. The molecule has 10 heteroatoms. The molecule has 0 aliphatic heterocycles. The number of carbonyl (C=O) groups excluding carboxylic acids is 1. The number of carbonyl (C=O) groups is 2. The van der Waals surface area contributed by atoms with Crippen LogP contribution < -0.4 is 5.32 Å². The predicted molar refractivity (Wildman–Crippen MR) is 60.1 cm³/mol. The van der Waals surface area contributed by atoms with Gasteiger partial charge in [-0.3, -0.25) is 0 Å². The van der Waals surface area contributed by atoms with Crippen molar-refractivity contribution in [1.82, 2.24) is 4.90 Å². The molecule has 21 heavy (non-hydrogen) atoms. The van der Waals surface area contributed by atoms with Gasteiger partial charge in [0.1, 0.15) is 11.7 Å². The third kappa shape index (κ3) is 3.03. The van der Waals surface area contributed by atoms with Crippen LogP contribution in [-0.4, -0.2) is 35.1 Å². The molecule has 1 unspecified atom stereocenters. The molecule has 0 spiro atoms. The molecule has 2 N–H and O–H groups in total. The highest BCUT2D eigenvalue weighted by Crippen LogP contribution is 2.27. The standard InChI is InChI=1S/C11H9F5N2O3/c1-3(10(19)20)18(2)11(21)17-9-7(15)5(13)4(12)6(14)8(9)16/h3H,1-2H3,(H,17,21)(H,19,20). The maximum atomic E-state index is 13.3. The fourth-order valence-corrected chi connectivity index (χ4v) is 1.25. The summed E-state index contributed by atoms with van der Waals surface area (Å²) in [5.74, 6) is -12.7. The average molecular weight is 312 g/mol. The summed E-state index contributed by atoms with van der Waals surface area (Å²) >= 11 is 0. The second-order valence-electron chi connectivity index (χ2n) is 4.00. The molecule has 5 nitrogen and oxygen atoms in total. The second kappa shape index (κ2) is 5.94. The molecule has 0 aromatic heterocycles. The molecular weight excluding hydrogens is 303 g/mol. The van der Waals surface area contributed by atoms with Crippen LogP contribution in [0.3, 0.4) is 0 Å². The van der Waals surface area contributed by atoms with E-state index in [4.69, 9.17) is 5.11 Å². The normalized spacial score (nSPS) is 12.0. The van der Waals surface area contributed by atoms with Crippen LogP contribution >= 0.6 is 0 Å².